The number of carbonyl (C=O) groups excluding carboxylic acids is 2. The number of nitrogens with one attached hydrogen (secondary N) is 1. The van der Waals surface area contributed by atoms with Crippen LogP contribution in [-0.2, 0) is 13.1 Å². The SMILES string of the molecule is O=C(C[n+]1ccc(C(=O)NCc2ccccc2)cc1)c1ccc2c(c1)OCO2.[Br-]. The summed E-state index contributed by atoms with van der Waals surface area (Å²) in [5.41, 5.74) is 2.14. The van der Waals surface area contributed by atoms with E-state index in [0.29, 0.717) is 29.2 Å². The molecular weight excluding hydrogens is 436 g/mol. The van der Waals surface area contributed by atoms with Gasteiger partial charge in [-0.3, -0.25) is 9.59 Å². The largest absolute Gasteiger partial charge is 1.00 e. The van der Waals surface area contributed by atoms with E-state index in [2.05, 4.69) is 5.32 Å². The third-order valence-corrected chi connectivity index (χ3v) is 4.47. The van der Waals surface area contributed by atoms with Crippen molar-refractivity contribution in [2.75, 3.05) is 6.79 Å². The lowest BCUT2D eigenvalue weighted by Gasteiger charge is -2.05. The Labute approximate surface area is 178 Å². The quantitative estimate of drug-likeness (QED) is 0.403. The number of amides is 1. The Morgan fingerprint density at radius 3 is 2.38 bits per heavy atom. The maximum absolute atomic E-state index is 12.5. The number of ether oxygens (including phenoxy) is 2. The van der Waals surface area contributed by atoms with Crippen molar-refractivity contribution >= 4 is 11.7 Å². The first-order valence-electron chi connectivity index (χ1n) is 8.93. The standard InChI is InChI=1S/C22H18N2O4.BrH/c25-19(18-6-7-20-21(12-18)28-15-27-20)14-24-10-8-17(9-11-24)22(26)23-13-16-4-2-1-3-5-16;/h1-12H,13-15H2;1H. The Hall–Kier alpha value is -3.19. The summed E-state index contributed by atoms with van der Waals surface area (Å²) < 4.78 is 12.3. The van der Waals surface area contributed by atoms with Crippen LogP contribution in [0.25, 0.3) is 0 Å². The van der Waals surface area contributed by atoms with Gasteiger partial charge < -0.3 is 31.8 Å². The van der Waals surface area contributed by atoms with Crippen LogP contribution in [-0.4, -0.2) is 18.5 Å². The summed E-state index contributed by atoms with van der Waals surface area (Å²) in [4.78, 5) is 24.8. The highest BCUT2D eigenvalue weighted by Gasteiger charge is 2.18. The fourth-order valence-corrected chi connectivity index (χ4v) is 2.92. The topological polar surface area (TPSA) is 68.5 Å². The van der Waals surface area contributed by atoms with Crippen LogP contribution >= 0.6 is 0 Å². The lowest BCUT2D eigenvalue weighted by atomic mass is 10.1. The van der Waals surface area contributed by atoms with Crippen LogP contribution in [0.5, 0.6) is 11.5 Å². The van der Waals surface area contributed by atoms with Crippen LogP contribution in [0.2, 0.25) is 0 Å². The smallest absolute Gasteiger partial charge is 0.252 e. The second-order valence-corrected chi connectivity index (χ2v) is 6.42. The molecule has 2 heterocycles. The molecule has 1 N–H and O–H groups in total. The van der Waals surface area contributed by atoms with Gasteiger partial charge in [-0.1, -0.05) is 30.3 Å². The summed E-state index contributed by atoms with van der Waals surface area (Å²) in [6.45, 7) is 0.818. The van der Waals surface area contributed by atoms with E-state index in [-0.39, 0.29) is 42.0 Å². The monoisotopic (exact) mass is 454 g/mol. The summed E-state index contributed by atoms with van der Waals surface area (Å²) >= 11 is 0. The van der Waals surface area contributed by atoms with Gasteiger partial charge in [0.1, 0.15) is 0 Å². The molecule has 7 heteroatoms. The second-order valence-electron chi connectivity index (χ2n) is 6.42. The van der Waals surface area contributed by atoms with Crippen molar-refractivity contribution in [3.05, 3.63) is 89.7 Å². The van der Waals surface area contributed by atoms with Crippen molar-refractivity contribution < 1.29 is 40.6 Å². The van der Waals surface area contributed by atoms with E-state index in [1.807, 2.05) is 30.3 Å². The third kappa shape index (κ3) is 5.00. The molecule has 148 valence electrons. The summed E-state index contributed by atoms with van der Waals surface area (Å²) in [6, 6.07) is 18.3. The number of aromatic nitrogens is 1. The average Bonchev–Trinajstić information content (AvgIpc) is 3.21. The molecule has 0 aliphatic carbocycles. The van der Waals surface area contributed by atoms with Crippen LogP contribution in [0.1, 0.15) is 26.3 Å². The molecule has 0 saturated heterocycles. The number of rotatable bonds is 6. The third-order valence-electron chi connectivity index (χ3n) is 4.47. The Kier molecular flexibility index (Phi) is 6.61. The molecule has 29 heavy (non-hydrogen) atoms. The summed E-state index contributed by atoms with van der Waals surface area (Å²) in [7, 11) is 0. The first-order chi connectivity index (χ1) is 13.7. The lowest BCUT2D eigenvalue weighted by molar-refractivity contribution is -0.683. The predicted octanol–water partition coefficient (Wildman–Crippen LogP) is -0.480. The van der Waals surface area contributed by atoms with E-state index in [9.17, 15) is 9.59 Å². The molecule has 0 unspecified atom stereocenters. The number of carbonyl (C=O) groups is 2. The van der Waals surface area contributed by atoms with Crippen LogP contribution in [0.4, 0.5) is 0 Å². The minimum absolute atomic E-state index is 0. The maximum Gasteiger partial charge on any atom is 0.252 e. The predicted molar refractivity (Wildman–Crippen MR) is 101 cm³/mol. The normalized spacial score (nSPS) is 11.4. The summed E-state index contributed by atoms with van der Waals surface area (Å²) in [5, 5.41) is 2.88. The zero-order valence-corrected chi connectivity index (χ0v) is 17.1. The molecule has 1 aliphatic heterocycles. The van der Waals surface area contributed by atoms with Crippen molar-refractivity contribution in [1.82, 2.24) is 5.32 Å². The first-order valence-corrected chi connectivity index (χ1v) is 8.93. The van der Waals surface area contributed by atoms with Gasteiger partial charge in [0, 0.05) is 24.2 Å². The van der Waals surface area contributed by atoms with Gasteiger partial charge in [-0.15, -0.1) is 0 Å². The number of hydrogen-bond donors (Lipinski definition) is 1. The van der Waals surface area contributed by atoms with Crippen LogP contribution in [0, 0.1) is 0 Å². The van der Waals surface area contributed by atoms with E-state index in [1.165, 1.54) is 0 Å². The number of halogens is 1. The zero-order chi connectivity index (χ0) is 19.3. The van der Waals surface area contributed by atoms with Crippen LogP contribution in [0.15, 0.2) is 73.1 Å². The molecule has 0 atom stereocenters. The number of pyridine rings is 1. The molecule has 0 radical (unpaired) electrons. The summed E-state index contributed by atoms with van der Waals surface area (Å²) in [6.07, 6.45) is 3.45. The van der Waals surface area contributed by atoms with Crippen LogP contribution in [0.3, 0.4) is 0 Å². The molecule has 4 rings (SSSR count). The number of benzene rings is 2. The van der Waals surface area contributed by atoms with Gasteiger partial charge in [0.25, 0.3) is 5.91 Å². The Morgan fingerprint density at radius 2 is 1.62 bits per heavy atom. The number of nitrogens with zero attached hydrogens (tertiary/aromatic N) is 1. The Morgan fingerprint density at radius 1 is 0.897 bits per heavy atom. The number of fused-ring (bicyclic) bond motifs is 1. The van der Waals surface area contributed by atoms with Crippen molar-refractivity contribution in [3.8, 4) is 11.5 Å². The van der Waals surface area contributed by atoms with Gasteiger partial charge in [-0.2, -0.15) is 4.57 Å². The minimum Gasteiger partial charge on any atom is -1.00 e. The van der Waals surface area contributed by atoms with Gasteiger partial charge >= 0.3 is 0 Å². The van der Waals surface area contributed by atoms with Gasteiger partial charge in [-0.25, -0.2) is 0 Å². The van der Waals surface area contributed by atoms with E-state index in [4.69, 9.17) is 9.47 Å². The molecule has 0 saturated carbocycles. The molecule has 3 aromatic rings. The van der Waals surface area contributed by atoms with Crippen molar-refractivity contribution in [3.63, 3.8) is 0 Å². The molecule has 1 aromatic heterocycles. The second kappa shape index (κ2) is 9.34. The van der Waals surface area contributed by atoms with E-state index >= 15 is 0 Å². The van der Waals surface area contributed by atoms with E-state index < -0.39 is 0 Å². The summed E-state index contributed by atoms with van der Waals surface area (Å²) in [5.74, 6) is 1.03. The van der Waals surface area contributed by atoms with Crippen molar-refractivity contribution in [2.24, 2.45) is 0 Å². The molecular formula is C22H19BrN2O4. The fraction of sp³-hybridized carbons (Fsp3) is 0.136. The van der Waals surface area contributed by atoms with E-state index in [0.717, 1.165) is 5.56 Å². The van der Waals surface area contributed by atoms with Crippen molar-refractivity contribution in [2.45, 2.75) is 13.1 Å². The molecule has 0 spiro atoms. The molecule has 6 nitrogen and oxygen atoms in total. The average molecular weight is 455 g/mol. The Bertz CT molecular complexity index is 1010. The highest BCUT2D eigenvalue weighted by atomic mass is 79.9. The number of hydrogen-bond acceptors (Lipinski definition) is 4. The molecule has 1 amide bonds. The van der Waals surface area contributed by atoms with Gasteiger partial charge in [-0.05, 0) is 23.8 Å². The van der Waals surface area contributed by atoms with Gasteiger partial charge in [0.2, 0.25) is 19.1 Å². The number of Topliss-reactive ketones (excluding diaryl/α,β-unsaturated/α-hetero) is 1. The van der Waals surface area contributed by atoms with Crippen molar-refractivity contribution in [1.29, 1.82) is 0 Å². The molecule has 1 aliphatic rings. The fourth-order valence-electron chi connectivity index (χ4n) is 2.92. The minimum atomic E-state index is -0.155. The maximum atomic E-state index is 12.5. The lowest BCUT2D eigenvalue weighted by Crippen LogP contribution is -3.00. The highest BCUT2D eigenvalue weighted by molar-refractivity contribution is 5.96. The number of ketones is 1. The molecule has 2 aromatic carbocycles. The van der Waals surface area contributed by atoms with Crippen LogP contribution < -0.4 is 36.3 Å². The molecule has 0 bridgehead atoms. The molecule has 0 fully saturated rings. The van der Waals surface area contributed by atoms with Gasteiger partial charge in [0.05, 0.1) is 5.56 Å². The van der Waals surface area contributed by atoms with Gasteiger partial charge in [0.15, 0.2) is 23.9 Å². The van der Waals surface area contributed by atoms with E-state index in [1.54, 1.807) is 47.3 Å². The Balaban J connectivity index is 0.00000240. The first kappa shape index (κ1) is 20.5. The zero-order valence-electron chi connectivity index (χ0n) is 15.5. The highest BCUT2D eigenvalue weighted by Crippen LogP contribution is 2.32.